The van der Waals surface area contributed by atoms with Crippen molar-refractivity contribution < 1.29 is 4.74 Å². The Labute approximate surface area is 84.4 Å². The second-order valence-corrected chi connectivity index (χ2v) is 3.57. The van der Waals surface area contributed by atoms with Gasteiger partial charge in [-0.05, 0) is 36.1 Å². The zero-order valence-corrected chi connectivity index (χ0v) is 8.42. The van der Waals surface area contributed by atoms with E-state index in [1.807, 2.05) is 12.1 Å². The minimum atomic E-state index is 0.726. The molecule has 1 aliphatic rings. The van der Waals surface area contributed by atoms with E-state index in [0.29, 0.717) is 0 Å². The van der Waals surface area contributed by atoms with Crippen molar-refractivity contribution in [3.8, 4) is 0 Å². The topological polar surface area (TPSA) is 35.2 Å². The molecule has 14 heavy (non-hydrogen) atoms. The molecule has 0 saturated heterocycles. The average Bonchev–Trinajstić information content (AvgIpc) is 2.23. The lowest BCUT2D eigenvalue weighted by Gasteiger charge is -2.16. The number of hydrogen-bond donors (Lipinski definition) is 1. The van der Waals surface area contributed by atoms with Crippen molar-refractivity contribution in [2.75, 3.05) is 18.9 Å². The molecule has 2 rings (SSSR count). The number of benzene rings is 1. The fourth-order valence-electron chi connectivity index (χ4n) is 1.77. The quantitative estimate of drug-likeness (QED) is 0.688. The summed E-state index contributed by atoms with van der Waals surface area (Å²) in [6.45, 7) is 3.62. The van der Waals surface area contributed by atoms with Gasteiger partial charge in [0.05, 0.1) is 13.2 Å². The van der Waals surface area contributed by atoms with Crippen molar-refractivity contribution in [3.63, 3.8) is 0 Å². The fraction of sp³-hybridized carbons (Fsp3) is 0.333. The number of nitrogen functional groups attached to an aromatic ring is 1. The smallest absolute Gasteiger partial charge is 0.0653 e. The van der Waals surface area contributed by atoms with E-state index in [9.17, 15) is 0 Å². The van der Waals surface area contributed by atoms with Crippen LogP contribution in [0.2, 0.25) is 0 Å². The summed E-state index contributed by atoms with van der Waals surface area (Å²) < 4.78 is 5.28. The van der Waals surface area contributed by atoms with Crippen LogP contribution in [0.3, 0.4) is 0 Å². The van der Waals surface area contributed by atoms with Crippen LogP contribution in [0.15, 0.2) is 24.3 Å². The van der Waals surface area contributed by atoms with Crippen LogP contribution in [-0.2, 0) is 4.74 Å². The standard InChI is InChI=1S/C12H15NO/c1-9-11(3-2-4-12(9)13)10-5-7-14-8-6-10/h2-5H,6-8,13H2,1H3. The fourth-order valence-corrected chi connectivity index (χ4v) is 1.77. The van der Waals surface area contributed by atoms with Crippen LogP contribution in [0.5, 0.6) is 0 Å². The number of nitrogens with two attached hydrogens (primary N) is 1. The molecule has 1 aromatic rings. The number of hydrogen-bond acceptors (Lipinski definition) is 2. The first-order valence-corrected chi connectivity index (χ1v) is 4.91. The third-order valence-corrected chi connectivity index (χ3v) is 2.68. The van der Waals surface area contributed by atoms with Crippen molar-refractivity contribution in [2.45, 2.75) is 13.3 Å². The van der Waals surface area contributed by atoms with Gasteiger partial charge in [0, 0.05) is 5.69 Å². The number of anilines is 1. The molecule has 74 valence electrons. The minimum absolute atomic E-state index is 0.726. The maximum Gasteiger partial charge on any atom is 0.0653 e. The minimum Gasteiger partial charge on any atom is -0.398 e. The van der Waals surface area contributed by atoms with Gasteiger partial charge >= 0.3 is 0 Å². The van der Waals surface area contributed by atoms with E-state index in [1.54, 1.807) is 0 Å². The molecule has 1 aliphatic heterocycles. The summed E-state index contributed by atoms with van der Waals surface area (Å²) in [6, 6.07) is 6.08. The predicted octanol–water partition coefficient (Wildman–Crippen LogP) is 2.38. The summed E-state index contributed by atoms with van der Waals surface area (Å²) in [7, 11) is 0. The first-order chi connectivity index (χ1) is 6.79. The highest BCUT2D eigenvalue weighted by molar-refractivity contribution is 5.72. The Morgan fingerprint density at radius 1 is 1.36 bits per heavy atom. The van der Waals surface area contributed by atoms with Crippen LogP contribution in [0.1, 0.15) is 17.5 Å². The van der Waals surface area contributed by atoms with E-state index < -0.39 is 0 Å². The Bertz CT molecular complexity index is 369. The molecule has 2 nitrogen and oxygen atoms in total. The molecule has 0 atom stereocenters. The molecule has 0 amide bonds. The molecule has 1 heterocycles. The molecule has 0 bridgehead atoms. The van der Waals surface area contributed by atoms with Crippen LogP contribution >= 0.6 is 0 Å². The molecular formula is C12H15NO. The lowest BCUT2D eigenvalue weighted by molar-refractivity contribution is 0.161. The van der Waals surface area contributed by atoms with Gasteiger partial charge in [-0.15, -0.1) is 0 Å². The van der Waals surface area contributed by atoms with Crippen LogP contribution < -0.4 is 5.73 Å². The average molecular weight is 189 g/mol. The highest BCUT2D eigenvalue weighted by atomic mass is 16.5. The summed E-state index contributed by atoms with van der Waals surface area (Å²) >= 11 is 0. The Kier molecular flexibility index (Phi) is 2.55. The van der Waals surface area contributed by atoms with Crippen LogP contribution in [0.25, 0.3) is 5.57 Å². The lowest BCUT2D eigenvalue weighted by atomic mass is 9.96. The number of ether oxygens (including phenoxy) is 1. The zero-order valence-electron chi connectivity index (χ0n) is 8.42. The summed E-state index contributed by atoms with van der Waals surface area (Å²) in [5.41, 5.74) is 10.6. The third-order valence-electron chi connectivity index (χ3n) is 2.68. The molecule has 2 N–H and O–H groups in total. The van der Waals surface area contributed by atoms with Gasteiger partial charge in [-0.3, -0.25) is 0 Å². The van der Waals surface area contributed by atoms with Gasteiger partial charge in [-0.2, -0.15) is 0 Å². The third kappa shape index (κ3) is 1.66. The molecule has 2 heteroatoms. The summed E-state index contributed by atoms with van der Waals surface area (Å²) in [5, 5.41) is 0. The molecule has 1 aromatic carbocycles. The van der Waals surface area contributed by atoms with Crippen molar-refractivity contribution in [1.29, 1.82) is 0 Å². The molecule has 0 saturated carbocycles. The van der Waals surface area contributed by atoms with E-state index in [4.69, 9.17) is 10.5 Å². The normalized spacial score (nSPS) is 16.5. The number of rotatable bonds is 1. The van der Waals surface area contributed by atoms with E-state index >= 15 is 0 Å². The summed E-state index contributed by atoms with van der Waals surface area (Å²) in [5.74, 6) is 0. The Morgan fingerprint density at radius 3 is 2.93 bits per heavy atom. The van der Waals surface area contributed by atoms with Crippen LogP contribution in [0.4, 0.5) is 5.69 Å². The van der Waals surface area contributed by atoms with Crippen molar-refractivity contribution >= 4 is 11.3 Å². The van der Waals surface area contributed by atoms with Crippen molar-refractivity contribution in [1.82, 2.24) is 0 Å². The largest absolute Gasteiger partial charge is 0.398 e. The van der Waals surface area contributed by atoms with Gasteiger partial charge in [-0.25, -0.2) is 0 Å². The molecule has 0 radical (unpaired) electrons. The van der Waals surface area contributed by atoms with E-state index in [-0.39, 0.29) is 0 Å². The van der Waals surface area contributed by atoms with E-state index in [0.717, 1.165) is 25.3 Å². The summed E-state index contributed by atoms with van der Waals surface area (Å²) in [6.07, 6.45) is 3.13. The van der Waals surface area contributed by atoms with Crippen LogP contribution in [0, 0.1) is 6.92 Å². The van der Waals surface area contributed by atoms with E-state index in [1.165, 1.54) is 16.7 Å². The van der Waals surface area contributed by atoms with Gasteiger partial charge in [-0.1, -0.05) is 18.2 Å². The SMILES string of the molecule is Cc1c(N)cccc1C1=CCOCC1. The molecule has 0 fully saturated rings. The van der Waals surface area contributed by atoms with E-state index in [2.05, 4.69) is 19.1 Å². The Morgan fingerprint density at radius 2 is 2.21 bits per heavy atom. The second-order valence-electron chi connectivity index (χ2n) is 3.57. The molecule has 0 aromatic heterocycles. The Balaban J connectivity index is 2.40. The first-order valence-electron chi connectivity index (χ1n) is 4.91. The second kappa shape index (κ2) is 3.84. The van der Waals surface area contributed by atoms with Gasteiger partial charge in [0.1, 0.15) is 0 Å². The molecule has 0 aliphatic carbocycles. The van der Waals surface area contributed by atoms with Gasteiger partial charge < -0.3 is 10.5 Å². The highest BCUT2D eigenvalue weighted by Crippen LogP contribution is 2.26. The summed E-state index contributed by atoms with van der Waals surface area (Å²) in [4.78, 5) is 0. The van der Waals surface area contributed by atoms with Crippen molar-refractivity contribution in [2.24, 2.45) is 0 Å². The molecule has 0 spiro atoms. The molecule has 0 unspecified atom stereocenters. The Hall–Kier alpha value is -1.28. The maximum absolute atomic E-state index is 5.87. The first kappa shape index (κ1) is 9.28. The maximum atomic E-state index is 5.87. The molecular weight excluding hydrogens is 174 g/mol. The lowest BCUT2D eigenvalue weighted by Crippen LogP contribution is -2.05. The van der Waals surface area contributed by atoms with Gasteiger partial charge in [0.2, 0.25) is 0 Å². The predicted molar refractivity (Wildman–Crippen MR) is 59.0 cm³/mol. The monoisotopic (exact) mass is 189 g/mol. The van der Waals surface area contributed by atoms with Gasteiger partial charge in [0.15, 0.2) is 0 Å². The van der Waals surface area contributed by atoms with Crippen LogP contribution in [-0.4, -0.2) is 13.2 Å². The van der Waals surface area contributed by atoms with Gasteiger partial charge in [0.25, 0.3) is 0 Å². The zero-order chi connectivity index (χ0) is 9.97. The highest BCUT2D eigenvalue weighted by Gasteiger charge is 2.09. The van der Waals surface area contributed by atoms with Crippen molar-refractivity contribution in [3.05, 3.63) is 35.4 Å².